The summed E-state index contributed by atoms with van der Waals surface area (Å²) in [7, 11) is 0. The molecule has 0 saturated carbocycles. The Kier molecular flexibility index (Phi) is 4.89. The van der Waals surface area contributed by atoms with Crippen molar-refractivity contribution in [3.8, 4) is 11.4 Å². The number of carbonyl (C=O) groups excluding carboxylic acids is 1. The van der Waals surface area contributed by atoms with Crippen molar-refractivity contribution >= 4 is 35.0 Å². The summed E-state index contributed by atoms with van der Waals surface area (Å²) < 4.78 is 0. The molecule has 1 amide bonds. The van der Waals surface area contributed by atoms with Gasteiger partial charge in [0.25, 0.3) is 0 Å². The van der Waals surface area contributed by atoms with Gasteiger partial charge in [0.15, 0.2) is 11.0 Å². The van der Waals surface area contributed by atoms with Crippen LogP contribution in [0.25, 0.3) is 11.4 Å². The van der Waals surface area contributed by atoms with Crippen molar-refractivity contribution in [2.24, 2.45) is 0 Å². The number of nitrogens with one attached hydrogen (secondary N) is 2. The number of pyridine rings is 1. The quantitative estimate of drug-likeness (QED) is 0.547. The summed E-state index contributed by atoms with van der Waals surface area (Å²) in [5.41, 5.74) is 1.43. The maximum Gasteiger partial charge on any atom is 0.234 e. The van der Waals surface area contributed by atoms with Crippen molar-refractivity contribution in [2.45, 2.75) is 5.16 Å². The van der Waals surface area contributed by atoms with Crippen molar-refractivity contribution in [3.63, 3.8) is 0 Å². The average Bonchev–Trinajstić information content (AvgIpc) is 3.05. The first-order chi connectivity index (χ1) is 11.2. The van der Waals surface area contributed by atoms with Gasteiger partial charge < -0.3 is 5.32 Å². The van der Waals surface area contributed by atoms with Crippen LogP contribution in [0.3, 0.4) is 0 Å². The summed E-state index contributed by atoms with van der Waals surface area (Å²) in [4.78, 5) is 20.2. The summed E-state index contributed by atoms with van der Waals surface area (Å²) in [6.07, 6.45) is 1.56. The Hall–Kier alpha value is -2.38. The lowest BCUT2D eigenvalue weighted by atomic mass is 10.2. The molecule has 0 fully saturated rings. The standard InChI is InChI=1S/C15H12ClN5OS/c16-13-11(7-4-8-17-13)18-12(22)9-23-15-19-14(20-21-15)10-5-2-1-3-6-10/h1-8H,9H2,(H,18,22)(H,19,20,21). The molecule has 0 atom stereocenters. The molecular formula is C15H12ClN5OS. The number of hydrogen-bond acceptors (Lipinski definition) is 5. The molecule has 3 aromatic rings. The van der Waals surface area contributed by atoms with E-state index in [2.05, 4.69) is 25.5 Å². The summed E-state index contributed by atoms with van der Waals surface area (Å²) >= 11 is 7.13. The van der Waals surface area contributed by atoms with Crippen LogP contribution in [0.2, 0.25) is 5.15 Å². The van der Waals surface area contributed by atoms with E-state index >= 15 is 0 Å². The first-order valence-corrected chi connectivity index (χ1v) is 8.10. The Bertz CT molecular complexity index is 808. The molecule has 6 nitrogen and oxygen atoms in total. The zero-order chi connectivity index (χ0) is 16.1. The summed E-state index contributed by atoms with van der Waals surface area (Å²) in [6, 6.07) is 13.1. The van der Waals surface area contributed by atoms with Gasteiger partial charge in [-0.3, -0.25) is 9.89 Å². The van der Waals surface area contributed by atoms with E-state index in [1.54, 1.807) is 18.3 Å². The highest BCUT2D eigenvalue weighted by molar-refractivity contribution is 7.99. The Morgan fingerprint density at radius 3 is 2.83 bits per heavy atom. The number of aromatic amines is 1. The predicted molar refractivity (Wildman–Crippen MR) is 90.4 cm³/mol. The number of amides is 1. The van der Waals surface area contributed by atoms with Crippen LogP contribution in [0.15, 0.2) is 53.8 Å². The number of H-pyrrole nitrogens is 1. The number of hydrogen-bond donors (Lipinski definition) is 2. The molecule has 2 N–H and O–H groups in total. The van der Waals surface area contributed by atoms with Crippen LogP contribution in [-0.4, -0.2) is 31.8 Å². The molecule has 0 radical (unpaired) electrons. The molecule has 0 spiro atoms. The lowest BCUT2D eigenvalue weighted by Crippen LogP contribution is -2.14. The molecule has 0 saturated heterocycles. The normalized spacial score (nSPS) is 10.5. The minimum Gasteiger partial charge on any atom is -0.323 e. The monoisotopic (exact) mass is 345 g/mol. The van der Waals surface area contributed by atoms with E-state index in [-0.39, 0.29) is 16.8 Å². The van der Waals surface area contributed by atoms with Gasteiger partial charge in [0.1, 0.15) is 0 Å². The van der Waals surface area contributed by atoms with Crippen LogP contribution in [0.4, 0.5) is 5.69 Å². The van der Waals surface area contributed by atoms with E-state index < -0.39 is 0 Å². The number of rotatable bonds is 5. The van der Waals surface area contributed by atoms with E-state index in [0.717, 1.165) is 5.56 Å². The Morgan fingerprint density at radius 2 is 2.04 bits per heavy atom. The minimum atomic E-state index is -0.198. The third-order valence-electron chi connectivity index (χ3n) is 2.88. The maximum atomic E-state index is 11.9. The molecule has 0 bridgehead atoms. The fraction of sp³-hybridized carbons (Fsp3) is 0.0667. The number of benzene rings is 1. The Balaban J connectivity index is 1.58. The highest BCUT2D eigenvalue weighted by atomic mass is 35.5. The van der Waals surface area contributed by atoms with Crippen LogP contribution >= 0.6 is 23.4 Å². The molecular weight excluding hydrogens is 334 g/mol. The number of carbonyl (C=O) groups is 1. The van der Waals surface area contributed by atoms with Crippen LogP contribution in [0.5, 0.6) is 0 Å². The topological polar surface area (TPSA) is 83.6 Å². The SMILES string of the molecule is O=C(CSc1n[nH]c(-c2ccccc2)n1)Nc1cccnc1Cl. The second-order valence-electron chi connectivity index (χ2n) is 4.51. The van der Waals surface area contributed by atoms with Crippen molar-refractivity contribution < 1.29 is 4.79 Å². The van der Waals surface area contributed by atoms with Crippen LogP contribution in [0.1, 0.15) is 0 Å². The van der Waals surface area contributed by atoms with Gasteiger partial charge in [-0.2, -0.15) is 0 Å². The highest BCUT2D eigenvalue weighted by Gasteiger charge is 2.10. The van der Waals surface area contributed by atoms with Crippen molar-refractivity contribution in [3.05, 3.63) is 53.8 Å². The van der Waals surface area contributed by atoms with Gasteiger partial charge in [-0.1, -0.05) is 53.7 Å². The molecule has 1 aromatic carbocycles. The van der Waals surface area contributed by atoms with Crippen LogP contribution < -0.4 is 5.32 Å². The summed E-state index contributed by atoms with van der Waals surface area (Å²) in [5.74, 6) is 0.650. The van der Waals surface area contributed by atoms with Crippen LogP contribution in [-0.2, 0) is 4.79 Å². The molecule has 0 aliphatic heterocycles. The number of nitrogens with zero attached hydrogens (tertiary/aromatic N) is 3. The van der Waals surface area contributed by atoms with Gasteiger partial charge in [-0.15, -0.1) is 5.10 Å². The van der Waals surface area contributed by atoms with E-state index in [1.165, 1.54) is 11.8 Å². The molecule has 23 heavy (non-hydrogen) atoms. The summed E-state index contributed by atoms with van der Waals surface area (Å²) in [6.45, 7) is 0. The van der Waals surface area contributed by atoms with Crippen molar-refractivity contribution in [2.75, 3.05) is 11.1 Å². The zero-order valence-electron chi connectivity index (χ0n) is 11.9. The van der Waals surface area contributed by atoms with E-state index in [0.29, 0.717) is 16.7 Å². The smallest absolute Gasteiger partial charge is 0.234 e. The predicted octanol–water partition coefficient (Wildman–Crippen LogP) is 3.25. The van der Waals surface area contributed by atoms with Gasteiger partial charge in [-0.05, 0) is 12.1 Å². The second-order valence-corrected chi connectivity index (χ2v) is 5.81. The van der Waals surface area contributed by atoms with Gasteiger partial charge in [-0.25, -0.2) is 9.97 Å². The molecule has 0 unspecified atom stereocenters. The number of thioether (sulfide) groups is 1. The molecule has 8 heteroatoms. The Labute approximate surface area is 141 Å². The third-order valence-corrected chi connectivity index (χ3v) is 4.03. The van der Waals surface area contributed by atoms with Gasteiger partial charge >= 0.3 is 0 Å². The van der Waals surface area contributed by atoms with E-state index in [1.807, 2.05) is 30.3 Å². The lowest BCUT2D eigenvalue weighted by molar-refractivity contribution is -0.113. The largest absolute Gasteiger partial charge is 0.323 e. The number of aromatic nitrogens is 4. The van der Waals surface area contributed by atoms with Crippen molar-refractivity contribution in [1.82, 2.24) is 20.2 Å². The third kappa shape index (κ3) is 4.08. The Morgan fingerprint density at radius 1 is 1.22 bits per heavy atom. The number of anilines is 1. The average molecular weight is 346 g/mol. The van der Waals surface area contributed by atoms with Gasteiger partial charge in [0.05, 0.1) is 11.4 Å². The fourth-order valence-electron chi connectivity index (χ4n) is 1.83. The number of halogens is 1. The fourth-order valence-corrected chi connectivity index (χ4v) is 2.60. The first-order valence-electron chi connectivity index (χ1n) is 6.73. The second kappa shape index (κ2) is 7.26. The molecule has 0 aliphatic carbocycles. The zero-order valence-corrected chi connectivity index (χ0v) is 13.4. The highest BCUT2D eigenvalue weighted by Crippen LogP contribution is 2.20. The molecule has 2 aromatic heterocycles. The first kappa shape index (κ1) is 15.5. The van der Waals surface area contributed by atoms with E-state index in [4.69, 9.17) is 11.6 Å². The molecule has 116 valence electrons. The van der Waals surface area contributed by atoms with Crippen molar-refractivity contribution in [1.29, 1.82) is 0 Å². The van der Waals surface area contributed by atoms with Gasteiger partial charge in [0.2, 0.25) is 11.1 Å². The molecule has 0 aliphatic rings. The minimum absolute atomic E-state index is 0.178. The molecule has 2 heterocycles. The van der Waals surface area contributed by atoms with E-state index in [9.17, 15) is 4.79 Å². The maximum absolute atomic E-state index is 11.9. The molecule has 3 rings (SSSR count). The summed E-state index contributed by atoms with van der Waals surface area (Å²) in [5, 5.41) is 10.4. The lowest BCUT2D eigenvalue weighted by Gasteiger charge is -2.04. The van der Waals surface area contributed by atoms with Gasteiger partial charge in [0, 0.05) is 11.8 Å². The van der Waals surface area contributed by atoms with Crippen LogP contribution in [0, 0.1) is 0 Å².